The minimum atomic E-state index is -4.86. The van der Waals surface area contributed by atoms with Crippen LogP contribution in [0.4, 0.5) is 0 Å². The van der Waals surface area contributed by atoms with Crippen molar-refractivity contribution in [2.75, 3.05) is 0 Å². The van der Waals surface area contributed by atoms with Gasteiger partial charge in [0.15, 0.2) is 0 Å². The lowest BCUT2D eigenvalue weighted by atomic mass is 10.0. The number of nitrogens with zero attached hydrogens (tertiary/aromatic N) is 1. The normalized spacial score (nSPS) is 28.1. The van der Waals surface area contributed by atoms with Crippen molar-refractivity contribution in [2.45, 2.75) is 36.6 Å². The Labute approximate surface area is 160 Å². The molecule has 6 N–H and O–H groups in total. The summed E-state index contributed by atoms with van der Waals surface area (Å²) in [6, 6.07) is 8.95. The summed E-state index contributed by atoms with van der Waals surface area (Å²) in [5.41, 5.74) is 5.83. The Morgan fingerprint density at radius 3 is 2.32 bits per heavy atom. The minimum Gasteiger partial charge on any atom is -0.460 e. The van der Waals surface area contributed by atoms with E-state index in [9.17, 15) is 23.7 Å². The quantitative estimate of drug-likeness (QED) is 0.393. The molecule has 2 heterocycles. The number of hydrogen-bond donors (Lipinski definition) is 5. The molecule has 5 atom stereocenters. The number of nitrogens with two attached hydrogens (primary N) is 1. The maximum Gasteiger partial charge on any atom is 0.295 e. The molecule has 1 aliphatic rings. The van der Waals surface area contributed by atoms with Crippen LogP contribution < -0.4 is 10.5 Å². The summed E-state index contributed by atoms with van der Waals surface area (Å²) in [6.07, 6.45) is -4.51. The highest BCUT2D eigenvalue weighted by Gasteiger charge is 2.50. The van der Waals surface area contributed by atoms with Gasteiger partial charge in [0.05, 0.1) is 6.20 Å². The number of hydrogen-bond acceptors (Lipinski definition) is 9. The van der Waals surface area contributed by atoms with Crippen molar-refractivity contribution >= 4 is 10.1 Å². The maximum atomic E-state index is 11.3. The van der Waals surface area contributed by atoms with E-state index in [1.807, 2.05) is 24.3 Å². The molecule has 1 aliphatic heterocycles. The van der Waals surface area contributed by atoms with Crippen LogP contribution in [0.1, 0.15) is 5.56 Å². The zero-order valence-corrected chi connectivity index (χ0v) is 15.3. The molecular weight excluding hydrogens is 392 g/mol. The van der Waals surface area contributed by atoms with Gasteiger partial charge in [-0.2, -0.15) is 8.42 Å². The average molecular weight is 412 g/mol. The van der Waals surface area contributed by atoms with Gasteiger partial charge in [-0.25, -0.2) is 0 Å². The second-order valence-electron chi connectivity index (χ2n) is 6.29. The van der Waals surface area contributed by atoms with Gasteiger partial charge < -0.3 is 30.5 Å². The minimum absolute atomic E-state index is 0.113. The smallest absolute Gasteiger partial charge is 0.295 e. The average Bonchev–Trinajstić information content (AvgIpc) is 2.68. The molecule has 1 fully saturated rings. The van der Waals surface area contributed by atoms with E-state index in [4.69, 9.17) is 19.8 Å². The van der Waals surface area contributed by atoms with E-state index in [-0.39, 0.29) is 5.75 Å². The Morgan fingerprint density at radius 2 is 1.71 bits per heavy atom. The molecule has 11 heteroatoms. The van der Waals surface area contributed by atoms with Crippen molar-refractivity contribution in [2.24, 2.45) is 5.73 Å². The molecule has 0 aliphatic carbocycles. The molecule has 28 heavy (non-hydrogen) atoms. The Hall–Kier alpha value is -2.12. The summed E-state index contributed by atoms with van der Waals surface area (Å²) in [4.78, 5) is 4.03. The highest BCUT2D eigenvalue weighted by molar-refractivity contribution is 7.86. The molecule has 0 spiro atoms. The Kier molecular flexibility index (Phi) is 5.95. The van der Waals surface area contributed by atoms with Crippen LogP contribution in [0.15, 0.2) is 42.7 Å². The number of rotatable bonds is 5. The molecule has 3 rings (SSSR count). The number of benzene rings is 1. The van der Waals surface area contributed by atoms with Crippen molar-refractivity contribution < 1.29 is 37.8 Å². The van der Waals surface area contributed by atoms with Crippen LogP contribution in [0.25, 0.3) is 11.1 Å². The lowest BCUT2D eigenvalue weighted by Crippen LogP contribution is -2.61. The standard InChI is InChI=1S/C17H20N2O8S/c18-6-9-1-3-10(4-2-9)11-5-12(8-19-7-11)26-16-14(21)13(20)15(22)17(27-16)28(23,24)25/h1-5,7-8,13-17,20-22H,6,18H2,(H,23,24,25)/t13-,14-,15+,16-,17?/m1/s1. The molecule has 1 unspecified atom stereocenters. The van der Waals surface area contributed by atoms with Gasteiger partial charge in [0.1, 0.15) is 24.1 Å². The van der Waals surface area contributed by atoms with E-state index in [0.29, 0.717) is 12.1 Å². The van der Waals surface area contributed by atoms with Gasteiger partial charge in [-0.3, -0.25) is 9.54 Å². The molecule has 0 radical (unpaired) electrons. The van der Waals surface area contributed by atoms with Gasteiger partial charge in [0, 0.05) is 18.3 Å². The van der Waals surface area contributed by atoms with Gasteiger partial charge in [0.25, 0.3) is 10.1 Å². The highest BCUT2D eigenvalue weighted by atomic mass is 32.2. The number of pyridine rings is 1. The van der Waals surface area contributed by atoms with Crippen LogP contribution in [-0.4, -0.2) is 63.3 Å². The first-order valence-electron chi connectivity index (χ1n) is 8.28. The molecule has 0 amide bonds. The summed E-state index contributed by atoms with van der Waals surface area (Å²) in [6.45, 7) is 0.404. The van der Waals surface area contributed by atoms with E-state index in [2.05, 4.69) is 4.98 Å². The lowest BCUT2D eigenvalue weighted by molar-refractivity contribution is -0.254. The zero-order valence-electron chi connectivity index (χ0n) is 14.5. The molecular formula is C17H20N2O8S. The van der Waals surface area contributed by atoms with Crippen LogP contribution >= 0.6 is 0 Å². The molecule has 0 bridgehead atoms. The van der Waals surface area contributed by atoms with Gasteiger partial charge in [-0.05, 0) is 17.2 Å². The molecule has 1 aromatic carbocycles. The topological polar surface area (TPSA) is 172 Å². The fourth-order valence-electron chi connectivity index (χ4n) is 2.77. The first-order valence-corrected chi connectivity index (χ1v) is 9.78. The van der Waals surface area contributed by atoms with Gasteiger partial charge in [0.2, 0.25) is 11.7 Å². The van der Waals surface area contributed by atoms with Gasteiger partial charge >= 0.3 is 0 Å². The monoisotopic (exact) mass is 412 g/mol. The first-order chi connectivity index (χ1) is 13.2. The summed E-state index contributed by atoms with van der Waals surface area (Å²) < 4.78 is 42.2. The first kappa shape index (κ1) is 20.6. The zero-order chi connectivity index (χ0) is 20.5. The number of aliphatic hydroxyl groups is 3. The summed E-state index contributed by atoms with van der Waals surface area (Å²) in [5, 5.41) is 29.6. The van der Waals surface area contributed by atoms with E-state index in [1.165, 1.54) is 6.20 Å². The van der Waals surface area contributed by atoms with Gasteiger partial charge in [-0.15, -0.1) is 0 Å². The number of ether oxygens (including phenoxy) is 2. The van der Waals surface area contributed by atoms with Crippen molar-refractivity contribution in [1.29, 1.82) is 0 Å². The number of aromatic nitrogens is 1. The van der Waals surface area contributed by atoms with Crippen LogP contribution in [-0.2, 0) is 21.4 Å². The van der Waals surface area contributed by atoms with Crippen LogP contribution in [0, 0.1) is 0 Å². The third kappa shape index (κ3) is 4.31. The Balaban J connectivity index is 1.82. The second kappa shape index (κ2) is 8.09. The third-order valence-corrected chi connectivity index (χ3v) is 5.28. The Morgan fingerprint density at radius 1 is 1.04 bits per heavy atom. The lowest BCUT2D eigenvalue weighted by Gasteiger charge is -2.38. The summed E-state index contributed by atoms with van der Waals surface area (Å²) in [7, 11) is -4.86. The second-order valence-corrected chi connectivity index (χ2v) is 7.78. The molecule has 152 valence electrons. The van der Waals surface area contributed by atoms with Crippen LogP contribution in [0.5, 0.6) is 5.75 Å². The molecule has 0 saturated carbocycles. The number of aliphatic hydroxyl groups excluding tert-OH is 3. The van der Waals surface area contributed by atoms with E-state index in [1.54, 1.807) is 12.3 Å². The van der Waals surface area contributed by atoms with E-state index < -0.39 is 40.2 Å². The third-order valence-electron chi connectivity index (χ3n) is 4.31. The van der Waals surface area contributed by atoms with E-state index >= 15 is 0 Å². The van der Waals surface area contributed by atoms with Crippen molar-refractivity contribution in [3.05, 3.63) is 48.3 Å². The fraction of sp³-hybridized carbons (Fsp3) is 0.353. The molecule has 2 aromatic rings. The molecule has 1 aromatic heterocycles. The van der Waals surface area contributed by atoms with Gasteiger partial charge in [-0.1, -0.05) is 24.3 Å². The van der Waals surface area contributed by atoms with Crippen LogP contribution in [0.2, 0.25) is 0 Å². The Bertz CT molecular complexity index is 921. The van der Waals surface area contributed by atoms with Crippen molar-refractivity contribution in [1.82, 2.24) is 4.98 Å². The highest BCUT2D eigenvalue weighted by Crippen LogP contribution is 2.28. The predicted molar refractivity (Wildman–Crippen MR) is 96.4 cm³/mol. The summed E-state index contributed by atoms with van der Waals surface area (Å²) >= 11 is 0. The SMILES string of the molecule is NCc1ccc(-c2cncc(O[C@@H]3OC(S(=O)(=O)O)[C@@H](O)[C@H](O)[C@H]3O)c2)cc1. The largest absolute Gasteiger partial charge is 0.460 e. The molecule has 1 saturated heterocycles. The predicted octanol–water partition coefficient (Wildman–Crippen LogP) is -0.761. The summed E-state index contributed by atoms with van der Waals surface area (Å²) in [5.74, 6) is 0.113. The maximum absolute atomic E-state index is 11.3. The van der Waals surface area contributed by atoms with Crippen molar-refractivity contribution in [3.63, 3.8) is 0 Å². The molecule has 10 nitrogen and oxygen atoms in total. The van der Waals surface area contributed by atoms with E-state index in [0.717, 1.165) is 11.1 Å². The van der Waals surface area contributed by atoms with Crippen LogP contribution in [0.3, 0.4) is 0 Å². The fourth-order valence-corrected chi connectivity index (χ4v) is 3.53. The van der Waals surface area contributed by atoms with Crippen molar-refractivity contribution in [3.8, 4) is 16.9 Å².